The molecule has 12 heteroatoms. The van der Waals surface area contributed by atoms with E-state index in [1.165, 1.54) is 27.1 Å². The number of nitrogens with zero attached hydrogens (tertiary/aromatic N) is 5. The van der Waals surface area contributed by atoms with Crippen molar-refractivity contribution in [2.24, 2.45) is 0 Å². The smallest absolute Gasteiger partial charge is 0.233 e. The zero-order valence-electron chi connectivity index (χ0n) is 24.0. The minimum Gasteiger partial charge on any atom is -0.495 e. The summed E-state index contributed by atoms with van der Waals surface area (Å²) in [5.74, 6) is 1.80. The summed E-state index contributed by atoms with van der Waals surface area (Å²) < 4.78 is 10.5. The van der Waals surface area contributed by atoms with Gasteiger partial charge < -0.3 is 29.9 Å². The Morgan fingerprint density at radius 2 is 1.38 bits per heavy atom. The number of ether oxygens (including phenoxy) is 2. The fraction of sp³-hybridized carbons (Fsp3) is 0.433. The summed E-state index contributed by atoms with van der Waals surface area (Å²) >= 11 is 6.14. The number of carbonyl (C=O) groups excluding carboxylic acids is 2. The van der Waals surface area contributed by atoms with Crippen molar-refractivity contribution in [3.05, 3.63) is 47.0 Å². The Morgan fingerprint density at radius 3 is 1.93 bits per heavy atom. The van der Waals surface area contributed by atoms with Gasteiger partial charge in [0.2, 0.25) is 23.8 Å². The number of ketones is 1. The van der Waals surface area contributed by atoms with Crippen LogP contribution < -0.4 is 29.9 Å². The Balaban J connectivity index is 1.26. The summed E-state index contributed by atoms with van der Waals surface area (Å²) in [5.41, 5.74) is 1.51. The number of benzene rings is 2. The molecule has 5 rings (SSSR count). The maximum atomic E-state index is 12.9. The molecule has 222 valence electrons. The van der Waals surface area contributed by atoms with Gasteiger partial charge in [-0.1, -0.05) is 11.6 Å². The first-order valence-electron chi connectivity index (χ1n) is 14.3. The maximum Gasteiger partial charge on any atom is 0.233 e. The van der Waals surface area contributed by atoms with E-state index in [0.717, 1.165) is 57.5 Å². The zero-order valence-corrected chi connectivity index (χ0v) is 24.7. The lowest BCUT2D eigenvalue weighted by Gasteiger charge is -2.30. The molecule has 2 fully saturated rings. The van der Waals surface area contributed by atoms with Crippen LogP contribution in [0.3, 0.4) is 0 Å². The summed E-state index contributed by atoms with van der Waals surface area (Å²) in [4.78, 5) is 44.3. The minimum atomic E-state index is -0.481. The molecular weight excluding hydrogens is 558 g/mol. The molecule has 0 unspecified atom stereocenters. The first-order valence-corrected chi connectivity index (χ1v) is 14.7. The fourth-order valence-electron chi connectivity index (χ4n) is 5.15. The van der Waals surface area contributed by atoms with Crippen molar-refractivity contribution in [3.8, 4) is 11.5 Å². The third-order valence-electron chi connectivity index (χ3n) is 7.42. The Labute approximate surface area is 250 Å². The predicted octanol–water partition coefficient (Wildman–Crippen LogP) is 5.48. The monoisotopic (exact) mass is 593 g/mol. The molecule has 0 aliphatic carbocycles. The standard InChI is InChI=1S/C30H36ClN7O4/c1-41-25-18-23(26(42-2)17-22(25)31)33-27(40)19-24(39)20-9-11-21(12-10-20)32-28-34-29(37-13-5-3-6-14-37)36-30(35-28)38-15-7-4-8-16-38/h9-12,17-18H,3-8,13-16,19H2,1-2H3,(H,33,40)(H,32,34,35,36). The summed E-state index contributed by atoms with van der Waals surface area (Å²) in [6.45, 7) is 3.74. The van der Waals surface area contributed by atoms with Crippen molar-refractivity contribution in [3.63, 3.8) is 0 Å². The van der Waals surface area contributed by atoms with Crippen molar-refractivity contribution >= 4 is 52.5 Å². The third kappa shape index (κ3) is 7.20. The van der Waals surface area contributed by atoms with Gasteiger partial charge in [0.25, 0.3) is 0 Å². The van der Waals surface area contributed by atoms with Crippen LogP contribution in [0.15, 0.2) is 36.4 Å². The number of rotatable bonds is 10. The average Bonchev–Trinajstić information content (AvgIpc) is 3.02. The van der Waals surface area contributed by atoms with Gasteiger partial charge in [-0.15, -0.1) is 0 Å². The van der Waals surface area contributed by atoms with Crippen LogP contribution in [-0.2, 0) is 4.79 Å². The number of hydrogen-bond donors (Lipinski definition) is 2. The molecule has 0 radical (unpaired) electrons. The van der Waals surface area contributed by atoms with Crippen LogP contribution in [-0.4, -0.2) is 67.0 Å². The lowest BCUT2D eigenvalue weighted by atomic mass is 10.1. The van der Waals surface area contributed by atoms with Crippen LogP contribution in [0.2, 0.25) is 5.02 Å². The molecule has 1 amide bonds. The van der Waals surface area contributed by atoms with Crippen LogP contribution in [0, 0.1) is 0 Å². The molecule has 2 aliphatic rings. The Bertz CT molecular complexity index is 1370. The van der Waals surface area contributed by atoms with Crippen LogP contribution in [0.25, 0.3) is 0 Å². The van der Waals surface area contributed by atoms with Crippen molar-refractivity contribution in [2.75, 3.05) is 60.8 Å². The predicted molar refractivity (Wildman–Crippen MR) is 164 cm³/mol. The van der Waals surface area contributed by atoms with E-state index in [1.54, 1.807) is 36.4 Å². The van der Waals surface area contributed by atoms with Gasteiger partial charge in [-0.05, 0) is 62.8 Å². The molecule has 2 aromatic carbocycles. The van der Waals surface area contributed by atoms with E-state index in [1.807, 2.05) is 0 Å². The summed E-state index contributed by atoms with van der Waals surface area (Å²) in [6, 6.07) is 10.0. The number of Topliss-reactive ketones (excluding diaryl/α,β-unsaturated/α-hetero) is 1. The normalized spacial score (nSPS) is 15.2. The molecule has 2 N–H and O–H groups in total. The summed E-state index contributed by atoms with van der Waals surface area (Å²) in [5, 5.41) is 6.34. The molecule has 3 heterocycles. The topological polar surface area (TPSA) is 122 Å². The van der Waals surface area contributed by atoms with Crippen molar-refractivity contribution in [1.82, 2.24) is 15.0 Å². The highest BCUT2D eigenvalue weighted by molar-refractivity contribution is 6.32. The number of amides is 1. The van der Waals surface area contributed by atoms with Gasteiger partial charge in [0.1, 0.15) is 11.5 Å². The molecule has 3 aromatic rings. The van der Waals surface area contributed by atoms with Crippen LogP contribution >= 0.6 is 11.6 Å². The number of piperidine rings is 2. The number of halogens is 1. The second-order valence-corrected chi connectivity index (χ2v) is 10.8. The number of aromatic nitrogens is 3. The number of methoxy groups -OCH3 is 2. The van der Waals surface area contributed by atoms with Gasteiger partial charge in [0.05, 0.1) is 31.4 Å². The van der Waals surface area contributed by atoms with Gasteiger partial charge in [0, 0.05) is 49.6 Å². The molecule has 0 spiro atoms. The highest BCUT2D eigenvalue weighted by Crippen LogP contribution is 2.36. The molecule has 2 aliphatic heterocycles. The second-order valence-electron chi connectivity index (χ2n) is 10.4. The quantitative estimate of drug-likeness (QED) is 0.231. The van der Waals surface area contributed by atoms with E-state index in [9.17, 15) is 9.59 Å². The highest BCUT2D eigenvalue weighted by atomic mass is 35.5. The number of carbonyl (C=O) groups is 2. The zero-order chi connectivity index (χ0) is 29.5. The van der Waals surface area contributed by atoms with Crippen LogP contribution in [0.1, 0.15) is 55.3 Å². The molecule has 11 nitrogen and oxygen atoms in total. The second kappa shape index (κ2) is 13.7. The van der Waals surface area contributed by atoms with Crippen LogP contribution in [0.4, 0.5) is 29.2 Å². The fourth-order valence-corrected chi connectivity index (χ4v) is 5.38. The molecular formula is C30H36ClN7O4. The minimum absolute atomic E-state index is 0.320. The maximum absolute atomic E-state index is 12.9. The number of hydrogen-bond acceptors (Lipinski definition) is 10. The lowest BCUT2D eigenvalue weighted by molar-refractivity contribution is -0.115. The Hall–Kier alpha value is -4.12. The molecule has 42 heavy (non-hydrogen) atoms. The lowest BCUT2D eigenvalue weighted by Crippen LogP contribution is -2.34. The van der Waals surface area contributed by atoms with Gasteiger partial charge >= 0.3 is 0 Å². The SMILES string of the molecule is COc1cc(NC(=O)CC(=O)c2ccc(Nc3nc(N4CCCCC4)nc(N4CCCCC4)n3)cc2)c(OC)cc1Cl. The van der Waals surface area contributed by atoms with E-state index in [0.29, 0.717) is 45.6 Å². The highest BCUT2D eigenvalue weighted by Gasteiger charge is 2.21. The van der Waals surface area contributed by atoms with E-state index in [-0.39, 0.29) is 12.2 Å². The van der Waals surface area contributed by atoms with E-state index in [4.69, 9.17) is 36.0 Å². The number of anilines is 5. The van der Waals surface area contributed by atoms with E-state index >= 15 is 0 Å². The van der Waals surface area contributed by atoms with Gasteiger partial charge in [-0.25, -0.2) is 0 Å². The number of nitrogens with one attached hydrogen (secondary N) is 2. The first-order chi connectivity index (χ1) is 20.4. The molecule has 0 bridgehead atoms. The van der Waals surface area contributed by atoms with Crippen molar-refractivity contribution in [1.29, 1.82) is 0 Å². The summed E-state index contributed by atoms with van der Waals surface area (Å²) in [6.07, 6.45) is 6.62. The molecule has 1 aromatic heterocycles. The van der Waals surface area contributed by atoms with Gasteiger partial charge in [-0.3, -0.25) is 9.59 Å². The molecule has 0 atom stereocenters. The third-order valence-corrected chi connectivity index (χ3v) is 7.72. The van der Waals surface area contributed by atoms with Crippen molar-refractivity contribution < 1.29 is 19.1 Å². The summed E-state index contributed by atoms with van der Waals surface area (Å²) in [7, 11) is 2.94. The first kappa shape index (κ1) is 29.4. The van der Waals surface area contributed by atoms with Crippen molar-refractivity contribution in [2.45, 2.75) is 44.9 Å². The Morgan fingerprint density at radius 1 is 0.810 bits per heavy atom. The molecule has 2 saturated heterocycles. The largest absolute Gasteiger partial charge is 0.495 e. The average molecular weight is 594 g/mol. The van der Waals surface area contributed by atoms with E-state index in [2.05, 4.69) is 20.4 Å². The van der Waals surface area contributed by atoms with Gasteiger partial charge in [-0.2, -0.15) is 15.0 Å². The van der Waals surface area contributed by atoms with Gasteiger partial charge in [0.15, 0.2) is 5.78 Å². The van der Waals surface area contributed by atoms with E-state index < -0.39 is 5.91 Å². The van der Waals surface area contributed by atoms with Crippen LogP contribution in [0.5, 0.6) is 11.5 Å². The molecule has 0 saturated carbocycles. The Kier molecular flexibility index (Phi) is 9.58.